The molecule has 1 fully saturated rings. The molecule has 1 saturated heterocycles. The highest BCUT2D eigenvalue weighted by molar-refractivity contribution is 5.74. The molecule has 1 aliphatic heterocycles. The van der Waals surface area contributed by atoms with Crippen LogP contribution in [0.25, 0.3) is 0 Å². The maximum absolute atomic E-state index is 11.1. The lowest BCUT2D eigenvalue weighted by molar-refractivity contribution is 0.210. The minimum Gasteiger partial charge on any atom is -0.327 e. The Morgan fingerprint density at radius 2 is 2.18 bits per heavy atom. The van der Waals surface area contributed by atoms with Crippen molar-refractivity contribution in [3.8, 4) is 12.3 Å². The molecule has 0 aromatic carbocycles. The third-order valence-electron chi connectivity index (χ3n) is 1.73. The van der Waals surface area contributed by atoms with Gasteiger partial charge >= 0.3 is 6.03 Å². The van der Waals surface area contributed by atoms with Crippen LogP contribution in [0, 0.1) is 12.3 Å². The number of carbonyl (C=O) groups is 1. The zero-order valence-corrected chi connectivity index (χ0v) is 6.47. The highest BCUT2D eigenvalue weighted by Crippen LogP contribution is 2.06. The van der Waals surface area contributed by atoms with E-state index in [1.165, 1.54) is 0 Å². The molecule has 0 atom stereocenters. The van der Waals surface area contributed by atoms with E-state index in [-0.39, 0.29) is 6.03 Å². The molecule has 0 radical (unpaired) electrons. The van der Waals surface area contributed by atoms with Crippen molar-refractivity contribution in [1.82, 2.24) is 10.2 Å². The van der Waals surface area contributed by atoms with Gasteiger partial charge in [-0.25, -0.2) is 4.79 Å². The van der Waals surface area contributed by atoms with E-state index in [1.54, 1.807) is 4.90 Å². The van der Waals surface area contributed by atoms with Crippen LogP contribution in [0.3, 0.4) is 0 Å². The van der Waals surface area contributed by atoms with Gasteiger partial charge in [-0.05, 0) is 12.8 Å². The Morgan fingerprint density at radius 3 is 2.73 bits per heavy atom. The van der Waals surface area contributed by atoms with Crippen molar-refractivity contribution >= 4 is 6.03 Å². The molecule has 2 amide bonds. The highest BCUT2D eigenvalue weighted by atomic mass is 16.2. The van der Waals surface area contributed by atoms with Crippen LogP contribution in [0.1, 0.15) is 12.8 Å². The summed E-state index contributed by atoms with van der Waals surface area (Å²) in [6, 6.07) is -0.0274. The van der Waals surface area contributed by atoms with Crippen LogP contribution >= 0.6 is 0 Å². The fourth-order valence-corrected chi connectivity index (χ4v) is 1.16. The first-order valence-electron chi connectivity index (χ1n) is 3.81. The van der Waals surface area contributed by atoms with Gasteiger partial charge in [0, 0.05) is 13.1 Å². The number of hydrogen-bond donors (Lipinski definition) is 1. The zero-order chi connectivity index (χ0) is 8.10. The summed E-state index contributed by atoms with van der Waals surface area (Å²) in [6.07, 6.45) is 7.22. The van der Waals surface area contributed by atoms with Crippen LogP contribution in [-0.4, -0.2) is 30.6 Å². The number of urea groups is 1. The van der Waals surface area contributed by atoms with Gasteiger partial charge in [-0.1, -0.05) is 5.92 Å². The third-order valence-corrected chi connectivity index (χ3v) is 1.73. The average molecular weight is 152 g/mol. The molecule has 1 aliphatic rings. The molecule has 0 unspecified atom stereocenters. The molecule has 0 bridgehead atoms. The smallest absolute Gasteiger partial charge is 0.318 e. The van der Waals surface area contributed by atoms with Crippen molar-refractivity contribution in [2.24, 2.45) is 0 Å². The van der Waals surface area contributed by atoms with E-state index in [1.807, 2.05) is 0 Å². The Bertz CT molecular complexity index is 177. The molecule has 11 heavy (non-hydrogen) atoms. The molecule has 0 aromatic heterocycles. The fourth-order valence-electron chi connectivity index (χ4n) is 1.16. The van der Waals surface area contributed by atoms with Crippen LogP contribution in [-0.2, 0) is 0 Å². The SMILES string of the molecule is C#CCNC(=O)N1CCCC1. The van der Waals surface area contributed by atoms with E-state index >= 15 is 0 Å². The van der Waals surface area contributed by atoms with E-state index in [0.717, 1.165) is 25.9 Å². The van der Waals surface area contributed by atoms with Gasteiger partial charge in [0.25, 0.3) is 0 Å². The molecule has 0 aromatic rings. The summed E-state index contributed by atoms with van der Waals surface area (Å²) in [7, 11) is 0. The van der Waals surface area contributed by atoms with Crippen LogP contribution in [0.5, 0.6) is 0 Å². The Kier molecular flexibility index (Phi) is 2.79. The highest BCUT2D eigenvalue weighted by Gasteiger charge is 2.16. The zero-order valence-electron chi connectivity index (χ0n) is 6.47. The summed E-state index contributed by atoms with van der Waals surface area (Å²) < 4.78 is 0. The second kappa shape index (κ2) is 3.87. The molecule has 1 heterocycles. The molecule has 60 valence electrons. The molecular weight excluding hydrogens is 140 g/mol. The van der Waals surface area contributed by atoms with E-state index < -0.39 is 0 Å². The van der Waals surface area contributed by atoms with E-state index in [4.69, 9.17) is 6.42 Å². The van der Waals surface area contributed by atoms with Crippen LogP contribution in [0.15, 0.2) is 0 Å². The first-order chi connectivity index (χ1) is 5.34. The number of carbonyl (C=O) groups excluding carboxylic acids is 1. The maximum atomic E-state index is 11.1. The van der Waals surface area contributed by atoms with Gasteiger partial charge in [0.15, 0.2) is 0 Å². The van der Waals surface area contributed by atoms with Crippen molar-refractivity contribution in [3.05, 3.63) is 0 Å². The van der Waals surface area contributed by atoms with Crippen molar-refractivity contribution in [2.45, 2.75) is 12.8 Å². The predicted octanol–water partition coefficient (Wildman–Crippen LogP) is 0.425. The van der Waals surface area contributed by atoms with Gasteiger partial charge in [0.1, 0.15) is 0 Å². The lowest BCUT2D eigenvalue weighted by atomic mass is 10.4. The monoisotopic (exact) mass is 152 g/mol. The van der Waals surface area contributed by atoms with Gasteiger partial charge in [0.05, 0.1) is 6.54 Å². The molecule has 0 spiro atoms. The quantitative estimate of drug-likeness (QED) is 0.543. The first-order valence-corrected chi connectivity index (χ1v) is 3.81. The molecule has 0 aliphatic carbocycles. The Labute approximate surface area is 66.8 Å². The summed E-state index contributed by atoms with van der Waals surface area (Å²) in [4.78, 5) is 12.9. The number of nitrogens with zero attached hydrogens (tertiary/aromatic N) is 1. The standard InChI is InChI=1S/C8H12N2O/c1-2-5-9-8(11)10-6-3-4-7-10/h1H,3-7H2,(H,9,11). The number of hydrogen-bond acceptors (Lipinski definition) is 1. The lowest BCUT2D eigenvalue weighted by Gasteiger charge is -2.14. The van der Waals surface area contributed by atoms with Crippen molar-refractivity contribution in [2.75, 3.05) is 19.6 Å². The summed E-state index contributed by atoms with van der Waals surface area (Å²) in [5.74, 6) is 2.36. The maximum Gasteiger partial charge on any atom is 0.318 e. The third kappa shape index (κ3) is 2.15. The molecule has 0 saturated carbocycles. The largest absolute Gasteiger partial charge is 0.327 e. The van der Waals surface area contributed by atoms with Crippen molar-refractivity contribution in [3.63, 3.8) is 0 Å². The van der Waals surface area contributed by atoms with Crippen molar-refractivity contribution < 1.29 is 4.79 Å². The van der Waals surface area contributed by atoms with Gasteiger partial charge in [-0.15, -0.1) is 6.42 Å². The number of rotatable bonds is 1. The average Bonchev–Trinajstić information content (AvgIpc) is 2.52. The normalized spacial score (nSPS) is 16.1. The molecule has 3 heteroatoms. The van der Waals surface area contributed by atoms with Gasteiger partial charge in [0.2, 0.25) is 0 Å². The molecule has 1 rings (SSSR count). The first kappa shape index (κ1) is 7.93. The molecular formula is C8H12N2O. The lowest BCUT2D eigenvalue weighted by Crippen LogP contribution is -2.37. The number of terminal acetylenes is 1. The molecule has 1 N–H and O–H groups in total. The Hall–Kier alpha value is -1.17. The summed E-state index contributed by atoms with van der Waals surface area (Å²) in [5.41, 5.74) is 0. The summed E-state index contributed by atoms with van der Waals surface area (Å²) in [5, 5.41) is 2.63. The Morgan fingerprint density at radius 1 is 1.55 bits per heavy atom. The number of nitrogens with one attached hydrogen (secondary N) is 1. The van der Waals surface area contributed by atoms with E-state index in [9.17, 15) is 4.79 Å². The minimum atomic E-state index is -0.0274. The predicted molar refractivity (Wildman–Crippen MR) is 43.0 cm³/mol. The van der Waals surface area contributed by atoms with E-state index in [2.05, 4.69) is 11.2 Å². The van der Waals surface area contributed by atoms with Crippen LogP contribution < -0.4 is 5.32 Å². The van der Waals surface area contributed by atoms with Gasteiger partial charge in [-0.3, -0.25) is 0 Å². The molecule has 3 nitrogen and oxygen atoms in total. The number of amides is 2. The van der Waals surface area contributed by atoms with Crippen LogP contribution in [0.4, 0.5) is 4.79 Å². The van der Waals surface area contributed by atoms with Gasteiger partial charge < -0.3 is 10.2 Å². The Balaban J connectivity index is 2.24. The van der Waals surface area contributed by atoms with Gasteiger partial charge in [-0.2, -0.15) is 0 Å². The second-order valence-corrected chi connectivity index (χ2v) is 2.56. The number of likely N-dealkylation sites (tertiary alicyclic amines) is 1. The van der Waals surface area contributed by atoms with Crippen molar-refractivity contribution in [1.29, 1.82) is 0 Å². The topological polar surface area (TPSA) is 32.3 Å². The fraction of sp³-hybridized carbons (Fsp3) is 0.625. The second-order valence-electron chi connectivity index (χ2n) is 2.56. The summed E-state index contributed by atoms with van der Waals surface area (Å²) in [6.45, 7) is 2.07. The summed E-state index contributed by atoms with van der Waals surface area (Å²) >= 11 is 0. The minimum absolute atomic E-state index is 0.0274. The van der Waals surface area contributed by atoms with E-state index in [0.29, 0.717) is 6.54 Å². The van der Waals surface area contributed by atoms with Crippen LogP contribution in [0.2, 0.25) is 0 Å².